The summed E-state index contributed by atoms with van der Waals surface area (Å²) in [6, 6.07) is 7.62. The van der Waals surface area contributed by atoms with Gasteiger partial charge in [-0.2, -0.15) is 0 Å². The van der Waals surface area contributed by atoms with E-state index in [2.05, 4.69) is 44.2 Å². The Labute approximate surface area is 160 Å². The summed E-state index contributed by atoms with van der Waals surface area (Å²) in [5.41, 5.74) is 0.436. The van der Waals surface area contributed by atoms with Crippen LogP contribution in [0.3, 0.4) is 0 Å². The molecule has 1 aliphatic heterocycles. The van der Waals surface area contributed by atoms with E-state index in [4.69, 9.17) is 0 Å². The Morgan fingerprint density at radius 2 is 1.96 bits per heavy atom. The minimum absolute atomic E-state index is 0.0468. The number of hydrogen-bond donors (Lipinski definition) is 1. The predicted molar refractivity (Wildman–Crippen MR) is 106 cm³/mol. The first-order chi connectivity index (χ1) is 13.1. The molecule has 0 aliphatic carbocycles. The zero-order valence-corrected chi connectivity index (χ0v) is 16.0. The van der Waals surface area contributed by atoms with Gasteiger partial charge in [0, 0.05) is 45.0 Å². The van der Waals surface area contributed by atoms with Crippen LogP contribution in [0.4, 0.5) is 11.6 Å². The summed E-state index contributed by atoms with van der Waals surface area (Å²) in [5, 5.41) is 3.26. The Balaban J connectivity index is 1.53. The molecule has 1 fully saturated rings. The first-order valence-electron chi connectivity index (χ1n) is 9.29. The van der Waals surface area contributed by atoms with Crippen LogP contribution in [0.2, 0.25) is 0 Å². The molecule has 0 saturated carbocycles. The Morgan fingerprint density at radius 3 is 2.67 bits per heavy atom. The van der Waals surface area contributed by atoms with E-state index >= 15 is 0 Å². The number of carbonyl (C=O) groups excluding carboxylic acids is 1. The summed E-state index contributed by atoms with van der Waals surface area (Å²) in [5.74, 6) is 1.60. The maximum absolute atomic E-state index is 12.8. The SMILES string of the molecule is CN(C)CCCNc1cc(C(=O)N2CCN(c3ccccn3)CC2)ncn1. The molecule has 0 unspecified atom stereocenters. The molecule has 0 atom stereocenters. The third-order valence-corrected chi connectivity index (χ3v) is 4.51. The Morgan fingerprint density at radius 1 is 1.15 bits per heavy atom. The zero-order valence-electron chi connectivity index (χ0n) is 16.0. The highest BCUT2D eigenvalue weighted by molar-refractivity contribution is 5.93. The average Bonchev–Trinajstić information content (AvgIpc) is 2.71. The molecule has 3 rings (SSSR count). The van der Waals surface area contributed by atoms with E-state index in [0.29, 0.717) is 24.6 Å². The van der Waals surface area contributed by atoms with Crippen molar-refractivity contribution in [1.82, 2.24) is 24.8 Å². The molecule has 0 spiro atoms. The number of anilines is 2. The maximum Gasteiger partial charge on any atom is 0.272 e. The van der Waals surface area contributed by atoms with Gasteiger partial charge < -0.3 is 20.0 Å². The van der Waals surface area contributed by atoms with Gasteiger partial charge in [-0.15, -0.1) is 0 Å². The first-order valence-corrected chi connectivity index (χ1v) is 9.29. The Bertz CT molecular complexity index is 730. The molecule has 2 aromatic rings. The van der Waals surface area contributed by atoms with Crippen molar-refractivity contribution in [2.75, 3.05) is 63.6 Å². The average molecular weight is 369 g/mol. The molecule has 0 aromatic carbocycles. The van der Waals surface area contributed by atoms with E-state index < -0.39 is 0 Å². The fourth-order valence-electron chi connectivity index (χ4n) is 3.02. The number of hydrogen-bond acceptors (Lipinski definition) is 7. The Hall–Kier alpha value is -2.74. The van der Waals surface area contributed by atoms with Gasteiger partial charge in [-0.3, -0.25) is 4.79 Å². The molecule has 1 aliphatic rings. The predicted octanol–water partition coefficient (Wildman–Crippen LogP) is 1.20. The number of aromatic nitrogens is 3. The van der Waals surface area contributed by atoms with Gasteiger partial charge in [-0.05, 0) is 39.2 Å². The Kier molecular flexibility index (Phi) is 6.54. The fourth-order valence-corrected chi connectivity index (χ4v) is 3.02. The largest absolute Gasteiger partial charge is 0.370 e. The lowest BCUT2D eigenvalue weighted by atomic mass is 10.2. The van der Waals surface area contributed by atoms with Crippen LogP contribution in [0.25, 0.3) is 0 Å². The second-order valence-electron chi connectivity index (χ2n) is 6.84. The highest BCUT2D eigenvalue weighted by Gasteiger charge is 2.23. The van der Waals surface area contributed by atoms with Crippen molar-refractivity contribution < 1.29 is 4.79 Å². The van der Waals surface area contributed by atoms with E-state index in [0.717, 1.165) is 38.4 Å². The van der Waals surface area contributed by atoms with Gasteiger partial charge in [0.15, 0.2) is 0 Å². The second kappa shape index (κ2) is 9.27. The fraction of sp³-hybridized carbons (Fsp3) is 0.474. The topological polar surface area (TPSA) is 77.5 Å². The van der Waals surface area contributed by atoms with Crippen LogP contribution in [0.5, 0.6) is 0 Å². The molecule has 27 heavy (non-hydrogen) atoms. The lowest BCUT2D eigenvalue weighted by Gasteiger charge is -2.35. The number of pyridine rings is 1. The van der Waals surface area contributed by atoms with Crippen molar-refractivity contribution >= 4 is 17.5 Å². The normalized spacial score (nSPS) is 14.5. The van der Waals surface area contributed by atoms with Crippen molar-refractivity contribution in [2.45, 2.75) is 6.42 Å². The molecular formula is C19H27N7O. The molecular weight excluding hydrogens is 342 g/mol. The van der Waals surface area contributed by atoms with Crippen LogP contribution >= 0.6 is 0 Å². The van der Waals surface area contributed by atoms with Gasteiger partial charge in [0.05, 0.1) is 0 Å². The van der Waals surface area contributed by atoms with Gasteiger partial charge in [-0.25, -0.2) is 15.0 Å². The summed E-state index contributed by atoms with van der Waals surface area (Å²) < 4.78 is 0. The molecule has 1 saturated heterocycles. The van der Waals surface area contributed by atoms with E-state index in [-0.39, 0.29) is 5.91 Å². The summed E-state index contributed by atoms with van der Waals surface area (Å²) in [4.78, 5) is 31.7. The van der Waals surface area contributed by atoms with Crippen molar-refractivity contribution in [3.8, 4) is 0 Å². The maximum atomic E-state index is 12.8. The molecule has 3 heterocycles. The quantitative estimate of drug-likeness (QED) is 0.735. The standard InChI is InChI=1S/C19H27N7O/c1-24(2)9-5-8-20-17-14-16(22-15-23-17)19(27)26-12-10-25(11-13-26)18-6-3-4-7-21-18/h3-4,6-7,14-15H,5,8-13H2,1-2H3,(H,20,22,23). The van der Waals surface area contributed by atoms with E-state index in [9.17, 15) is 4.79 Å². The third-order valence-electron chi connectivity index (χ3n) is 4.51. The van der Waals surface area contributed by atoms with Crippen LogP contribution < -0.4 is 10.2 Å². The number of amides is 1. The number of nitrogens with zero attached hydrogens (tertiary/aromatic N) is 6. The third kappa shape index (κ3) is 5.37. The number of rotatable bonds is 7. The van der Waals surface area contributed by atoms with Crippen molar-refractivity contribution in [3.63, 3.8) is 0 Å². The summed E-state index contributed by atoms with van der Waals surface area (Å²) in [6.45, 7) is 4.67. The van der Waals surface area contributed by atoms with Gasteiger partial charge in [0.25, 0.3) is 5.91 Å². The number of piperazine rings is 1. The lowest BCUT2D eigenvalue weighted by molar-refractivity contribution is 0.0740. The monoisotopic (exact) mass is 369 g/mol. The number of nitrogens with one attached hydrogen (secondary N) is 1. The van der Waals surface area contributed by atoms with Gasteiger partial charge >= 0.3 is 0 Å². The van der Waals surface area contributed by atoms with Crippen molar-refractivity contribution in [3.05, 3.63) is 42.5 Å². The van der Waals surface area contributed by atoms with E-state index in [1.165, 1.54) is 6.33 Å². The van der Waals surface area contributed by atoms with Gasteiger partial charge in [-0.1, -0.05) is 6.07 Å². The van der Waals surface area contributed by atoms with Crippen LogP contribution in [-0.2, 0) is 0 Å². The minimum atomic E-state index is -0.0468. The second-order valence-corrected chi connectivity index (χ2v) is 6.84. The van der Waals surface area contributed by atoms with E-state index in [1.807, 2.05) is 23.1 Å². The first kappa shape index (κ1) is 19.0. The molecule has 8 nitrogen and oxygen atoms in total. The lowest BCUT2D eigenvalue weighted by Crippen LogP contribution is -2.49. The van der Waals surface area contributed by atoms with Crippen LogP contribution in [-0.4, -0.2) is 84.0 Å². The molecule has 2 aromatic heterocycles. The highest BCUT2D eigenvalue weighted by atomic mass is 16.2. The molecule has 1 N–H and O–H groups in total. The summed E-state index contributed by atoms with van der Waals surface area (Å²) in [7, 11) is 4.10. The molecule has 144 valence electrons. The van der Waals surface area contributed by atoms with Crippen molar-refractivity contribution in [1.29, 1.82) is 0 Å². The van der Waals surface area contributed by atoms with Crippen LogP contribution in [0, 0.1) is 0 Å². The van der Waals surface area contributed by atoms with Crippen LogP contribution in [0.1, 0.15) is 16.9 Å². The molecule has 1 amide bonds. The van der Waals surface area contributed by atoms with E-state index in [1.54, 1.807) is 12.3 Å². The smallest absolute Gasteiger partial charge is 0.272 e. The molecule has 0 radical (unpaired) electrons. The van der Waals surface area contributed by atoms with Crippen molar-refractivity contribution in [2.24, 2.45) is 0 Å². The molecule has 0 bridgehead atoms. The highest BCUT2D eigenvalue weighted by Crippen LogP contribution is 2.14. The van der Waals surface area contributed by atoms with Gasteiger partial charge in [0.2, 0.25) is 0 Å². The summed E-state index contributed by atoms with van der Waals surface area (Å²) in [6.07, 6.45) is 4.25. The van der Waals surface area contributed by atoms with Crippen LogP contribution in [0.15, 0.2) is 36.8 Å². The molecule has 8 heteroatoms. The van der Waals surface area contributed by atoms with Gasteiger partial charge in [0.1, 0.15) is 23.7 Å². The minimum Gasteiger partial charge on any atom is -0.370 e. The summed E-state index contributed by atoms with van der Waals surface area (Å²) >= 11 is 0. The zero-order chi connectivity index (χ0) is 19.1. The number of carbonyl (C=O) groups is 1.